The molecule has 1 unspecified atom stereocenters. The lowest BCUT2D eigenvalue weighted by Gasteiger charge is -2.18. The third kappa shape index (κ3) is 4.37. The maximum atomic E-state index is 13.9. The first-order valence-electron chi connectivity index (χ1n) is 7.21. The zero-order valence-electron chi connectivity index (χ0n) is 12.5. The molecule has 23 heavy (non-hydrogen) atoms. The van der Waals surface area contributed by atoms with Crippen molar-refractivity contribution in [3.05, 3.63) is 29.3 Å². The number of benzene rings is 1. The van der Waals surface area contributed by atoms with Crippen LogP contribution in [-0.4, -0.2) is 31.4 Å². The molecule has 0 fully saturated rings. The molecule has 0 bridgehead atoms. The van der Waals surface area contributed by atoms with Crippen LogP contribution in [0.5, 0.6) is 5.75 Å². The Morgan fingerprint density at radius 2 is 2.17 bits per heavy atom. The van der Waals surface area contributed by atoms with Crippen molar-refractivity contribution >= 4 is 11.8 Å². The number of carbonyl (C=O) groups excluding carboxylic acids is 1. The molecular weight excluding hydrogens is 313 g/mol. The highest BCUT2D eigenvalue weighted by Gasteiger charge is 2.27. The summed E-state index contributed by atoms with van der Waals surface area (Å²) in [7, 11) is 0. The maximum Gasteiger partial charge on any atom is 0.278 e. The fraction of sp³-hybridized carbons (Fsp3) is 0.467. The zero-order valence-corrected chi connectivity index (χ0v) is 12.5. The second-order valence-corrected chi connectivity index (χ2v) is 4.93. The Kier molecular flexibility index (Phi) is 5.84. The molecule has 5 nitrogen and oxygen atoms in total. The van der Waals surface area contributed by atoms with E-state index >= 15 is 0 Å². The standard InChI is InChI=1S/C15H17F3N2O3/c1-2-3-6-22-11-5-4-9(7-10(11)13(16)14(17)18)15-20-19-12(21)8-23-15/h4-5,7,13-14H,2-3,6,8H2,1H3,(H,19,21). The average molecular weight is 330 g/mol. The number of hydrogen-bond acceptors (Lipinski definition) is 4. The van der Waals surface area contributed by atoms with E-state index in [0.29, 0.717) is 6.61 Å². The van der Waals surface area contributed by atoms with Gasteiger partial charge in [0.1, 0.15) is 5.75 Å². The summed E-state index contributed by atoms with van der Waals surface area (Å²) in [6, 6.07) is 4.12. The molecule has 0 saturated carbocycles. The van der Waals surface area contributed by atoms with Gasteiger partial charge in [0.2, 0.25) is 5.90 Å². The first-order valence-corrected chi connectivity index (χ1v) is 7.21. The minimum atomic E-state index is -3.17. The molecule has 0 saturated heterocycles. The number of carbonyl (C=O) groups is 1. The molecule has 1 N–H and O–H groups in total. The molecule has 1 atom stereocenters. The molecule has 1 aliphatic rings. The van der Waals surface area contributed by atoms with Crippen molar-refractivity contribution in [2.45, 2.75) is 32.4 Å². The van der Waals surface area contributed by atoms with Gasteiger partial charge in [0, 0.05) is 11.1 Å². The van der Waals surface area contributed by atoms with Crippen molar-refractivity contribution in [3.63, 3.8) is 0 Å². The highest BCUT2D eigenvalue weighted by Crippen LogP contribution is 2.33. The number of halogens is 3. The van der Waals surface area contributed by atoms with Crippen LogP contribution >= 0.6 is 0 Å². The van der Waals surface area contributed by atoms with Gasteiger partial charge in [0.05, 0.1) is 6.61 Å². The van der Waals surface area contributed by atoms with Crippen molar-refractivity contribution in [2.75, 3.05) is 13.2 Å². The van der Waals surface area contributed by atoms with Gasteiger partial charge in [-0.2, -0.15) is 0 Å². The van der Waals surface area contributed by atoms with Crippen molar-refractivity contribution in [1.82, 2.24) is 5.43 Å². The summed E-state index contributed by atoms with van der Waals surface area (Å²) >= 11 is 0. The summed E-state index contributed by atoms with van der Waals surface area (Å²) < 4.78 is 49.9. The molecular formula is C15H17F3N2O3. The van der Waals surface area contributed by atoms with Gasteiger partial charge in [-0.1, -0.05) is 13.3 Å². The Labute approximate surface area is 131 Å². The van der Waals surface area contributed by atoms with Crippen molar-refractivity contribution in [2.24, 2.45) is 5.10 Å². The fourth-order valence-corrected chi connectivity index (χ4v) is 1.95. The van der Waals surface area contributed by atoms with Crippen molar-refractivity contribution in [3.8, 4) is 5.75 Å². The third-order valence-corrected chi connectivity index (χ3v) is 3.15. The Balaban J connectivity index is 2.29. The lowest BCUT2D eigenvalue weighted by molar-refractivity contribution is -0.124. The molecule has 8 heteroatoms. The minimum absolute atomic E-state index is 0.0347. The first-order chi connectivity index (χ1) is 11.0. The number of hydrogen-bond donors (Lipinski definition) is 1. The largest absolute Gasteiger partial charge is 0.493 e. The number of nitrogens with one attached hydrogen (secondary N) is 1. The summed E-state index contributed by atoms with van der Waals surface area (Å²) in [4.78, 5) is 11.0. The maximum absolute atomic E-state index is 13.9. The fourth-order valence-electron chi connectivity index (χ4n) is 1.95. The summed E-state index contributed by atoms with van der Waals surface area (Å²) in [5.41, 5.74) is 2.23. The van der Waals surface area contributed by atoms with Gasteiger partial charge in [0.25, 0.3) is 12.3 Å². The number of nitrogens with zero attached hydrogens (tertiary/aromatic N) is 1. The zero-order chi connectivity index (χ0) is 16.8. The quantitative estimate of drug-likeness (QED) is 0.782. The van der Waals surface area contributed by atoms with Crippen molar-refractivity contribution in [1.29, 1.82) is 0 Å². The van der Waals surface area contributed by atoms with E-state index in [-0.39, 0.29) is 29.4 Å². The van der Waals surface area contributed by atoms with Crippen LogP contribution in [0.15, 0.2) is 23.3 Å². The Morgan fingerprint density at radius 1 is 1.39 bits per heavy atom. The normalized spacial score (nSPS) is 15.7. The van der Waals surface area contributed by atoms with Gasteiger partial charge >= 0.3 is 0 Å². The van der Waals surface area contributed by atoms with E-state index in [9.17, 15) is 18.0 Å². The predicted octanol–water partition coefficient (Wildman–Crippen LogP) is 2.95. The van der Waals surface area contributed by atoms with Crippen LogP contribution in [0.1, 0.15) is 37.1 Å². The highest BCUT2D eigenvalue weighted by molar-refractivity contribution is 5.98. The second kappa shape index (κ2) is 7.85. The molecule has 1 aromatic carbocycles. The van der Waals surface area contributed by atoms with Crippen LogP contribution in [0.3, 0.4) is 0 Å². The summed E-state index contributed by atoms with van der Waals surface area (Å²) in [6.45, 7) is 2.03. The van der Waals surface area contributed by atoms with Crippen molar-refractivity contribution < 1.29 is 27.4 Å². The topological polar surface area (TPSA) is 59.9 Å². The number of unbranched alkanes of at least 4 members (excludes halogenated alkanes) is 1. The van der Waals surface area contributed by atoms with Crippen LogP contribution in [0.2, 0.25) is 0 Å². The predicted molar refractivity (Wildman–Crippen MR) is 77.3 cm³/mol. The molecule has 126 valence electrons. The van der Waals surface area contributed by atoms with E-state index in [1.54, 1.807) is 0 Å². The monoisotopic (exact) mass is 330 g/mol. The van der Waals surface area contributed by atoms with Gasteiger partial charge < -0.3 is 9.47 Å². The second-order valence-electron chi connectivity index (χ2n) is 4.93. The minimum Gasteiger partial charge on any atom is -0.493 e. The molecule has 0 aliphatic carbocycles. The highest BCUT2D eigenvalue weighted by atomic mass is 19.3. The number of amides is 1. The van der Waals surface area contributed by atoms with E-state index in [0.717, 1.165) is 12.8 Å². The molecule has 1 aliphatic heterocycles. The number of alkyl halides is 3. The number of rotatable bonds is 7. The van der Waals surface area contributed by atoms with E-state index < -0.39 is 18.5 Å². The molecule has 0 spiro atoms. The summed E-state index contributed by atoms with van der Waals surface area (Å²) in [5.74, 6) is -0.327. The van der Waals surface area contributed by atoms with Gasteiger partial charge in [-0.3, -0.25) is 4.79 Å². The Hall–Kier alpha value is -2.25. The average Bonchev–Trinajstić information content (AvgIpc) is 2.55. The van der Waals surface area contributed by atoms with Gasteiger partial charge in [-0.25, -0.2) is 18.6 Å². The van der Waals surface area contributed by atoms with Crippen LogP contribution in [0.4, 0.5) is 13.2 Å². The molecule has 0 radical (unpaired) electrons. The summed E-state index contributed by atoms with van der Waals surface area (Å²) in [5, 5.41) is 3.68. The molecule has 1 amide bonds. The SMILES string of the molecule is CCCCOc1ccc(C2=NNC(=O)CO2)cc1C(F)C(F)F. The van der Waals surface area contributed by atoms with Crippen LogP contribution in [0.25, 0.3) is 0 Å². The Morgan fingerprint density at radius 3 is 2.78 bits per heavy atom. The van der Waals surface area contributed by atoms with E-state index in [1.807, 2.05) is 6.92 Å². The summed E-state index contributed by atoms with van der Waals surface area (Å²) in [6.07, 6.45) is -4.06. The molecule has 1 heterocycles. The van der Waals surface area contributed by atoms with Crippen LogP contribution < -0.4 is 10.2 Å². The van der Waals surface area contributed by atoms with Crippen LogP contribution in [-0.2, 0) is 9.53 Å². The lowest BCUT2D eigenvalue weighted by Crippen LogP contribution is -2.32. The molecule has 2 rings (SSSR count). The van der Waals surface area contributed by atoms with E-state index in [4.69, 9.17) is 9.47 Å². The smallest absolute Gasteiger partial charge is 0.278 e. The van der Waals surface area contributed by atoms with E-state index in [1.165, 1.54) is 18.2 Å². The first kappa shape index (κ1) is 17.1. The van der Waals surface area contributed by atoms with Crippen LogP contribution in [0, 0.1) is 0 Å². The third-order valence-electron chi connectivity index (χ3n) is 3.15. The molecule has 1 aromatic rings. The molecule has 0 aromatic heterocycles. The number of ether oxygens (including phenoxy) is 2. The van der Waals surface area contributed by atoms with E-state index in [2.05, 4.69) is 10.5 Å². The number of hydrazone groups is 1. The Bertz CT molecular complexity index is 593. The lowest BCUT2D eigenvalue weighted by atomic mass is 10.1. The van der Waals surface area contributed by atoms with Gasteiger partial charge in [-0.15, -0.1) is 5.10 Å². The van der Waals surface area contributed by atoms with Gasteiger partial charge in [-0.05, 0) is 24.6 Å². The van der Waals surface area contributed by atoms with Gasteiger partial charge in [0.15, 0.2) is 12.8 Å².